The molecule has 6 heteroatoms. The predicted molar refractivity (Wildman–Crippen MR) is 82.4 cm³/mol. The van der Waals surface area contributed by atoms with Crippen LogP contribution in [0.2, 0.25) is 0 Å². The molecule has 3 rings (SSSR count). The monoisotopic (exact) mass is 305 g/mol. The molecule has 112 valence electrons. The number of nitrogens with zero attached hydrogens (tertiary/aromatic N) is 2. The topological polar surface area (TPSA) is 76.3 Å². The Bertz CT molecular complexity index is 774. The fraction of sp³-hybridized carbons (Fsp3) is 0.400. The van der Waals surface area contributed by atoms with Crippen molar-refractivity contribution in [3.05, 3.63) is 36.0 Å². The van der Waals surface area contributed by atoms with Crippen molar-refractivity contribution in [2.75, 3.05) is 13.1 Å². The average molecular weight is 305 g/mol. The Balaban J connectivity index is 2.13. The van der Waals surface area contributed by atoms with Crippen molar-refractivity contribution in [3.63, 3.8) is 0 Å². The fourth-order valence-electron chi connectivity index (χ4n) is 2.84. The lowest BCUT2D eigenvalue weighted by Gasteiger charge is -2.30. The van der Waals surface area contributed by atoms with E-state index in [1.165, 1.54) is 4.31 Å². The molecule has 0 saturated carbocycles. The van der Waals surface area contributed by atoms with Crippen LogP contribution in [0, 0.1) is 6.92 Å². The molecule has 21 heavy (non-hydrogen) atoms. The molecule has 1 aromatic heterocycles. The Kier molecular flexibility index (Phi) is 3.69. The first-order valence-electron chi connectivity index (χ1n) is 7.10. The molecule has 1 aliphatic heterocycles. The summed E-state index contributed by atoms with van der Waals surface area (Å²) in [5, 5.41) is 0.677. The highest BCUT2D eigenvalue weighted by Gasteiger charge is 2.30. The highest BCUT2D eigenvalue weighted by Crippen LogP contribution is 2.28. The van der Waals surface area contributed by atoms with E-state index in [-0.39, 0.29) is 6.04 Å². The number of sulfonamides is 1. The van der Waals surface area contributed by atoms with Gasteiger partial charge in [0.25, 0.3) is 0 Å². The first-order valence-corrected chi connectivity index (χ1v) is 8.54. The molecule has 0 spiro atoms. The van der Waals surface area contributed by atoms with Crippen LogP contribution in [0.15, 0.2) is 35.4 Å². The molecule has 1 aromatic carbocycles. The second-order valence-electron chi connectivity index (χ2n) is 5.55. The van der Waals surface area contributed by atoms with E-state index in [0.29, 0.717) is 23.4 Å². The molecule has 1 unspecified atom stereocenters. The van der Waals surface area contributed by atoms with Crippen molar-refractivity contribution in [1.82, 2.24) is 9.29 Å². The Morgan fingerprint density at radius 3 is 2.90 bits per heavy atom. The van der Waals surface area contributed by atoms with E-state index in [4.69, 9.17) is 5.73 Å². The van der Waals surface area contributed by atoms with Gasteiger partial charge in [-0.25, -0.2) is 8.42 Å². The van der Waals surface area contributed by atoms with Crippen LogP contribution in [0.25, 0.3) is 10.9 Å². The van der Waals surface area contributed by atoms with Gasteiger partial charge in [0.2, 0.25) is 10.0 Å². The molecule has 1 atom stereocenters. The number of aromatic nitrogens is 1. The number of hydrogen-bond donors (Lipinski definition) is 1. The largest absolute Gasteiger partial charge is 0.327 e. The van der Waals surface area contributed by atoms with Gasteiger partial charge in [0.1, 0.15) is 0 Å². The fourth-order valence-corrected chi connectivity index (χ4v) is 4.56. The molecule has 2 heterocycles. The summed E-state index contributed by atoms with van der Waals surface area (Å²) >= 11 is 0. The van der Waals surface area contributed by atoms with Crippen LogP contribution >= 0.6 is 0 Å². The maximum Gasteiger partial charge on any atom is 0.243 e. The maximum atomic E-state index is 12.9. The molecular formula is C15H19N3O2S. The van der Waals surface area contributed by atoms with E-state index in [2.05, 4.69) is 4.98 Å². The molecule has 2 aromatic rings. The smallest absolute Gasteiger partial charge is 0.243 e. The van der Waals surface area contributed by atoms with Gasteiger partial charge in [-0.2, -0.15) is 4.31 Å². The van der Waals surface area contributed by atoms with Crippen molar-refractivity contribution in [2.24, 2.45) is 5.73 Å². The van der Waals surface area contributed by atoms with E-state index >= 15 is 0 Å². The van der Waals surface area contributed by atoms with Gasteiger partial charge in [0.15, 0.2) is 0 Å². The zero-order chi connectivity index (χ0) is 15.0. The summed E-state index contributed by atoms with van der Waals surface area (Å²) in [6.45, 7) is 2.85. The molecule has 1 saturated heterocycles. The van der Waals surface area contributed by atoms with E-state index in [1.54, 1.807) is 18.3 Å². The maximum absolute atomic E-state index is 12.9. The molecule has 1 fully saturated rings. The van der Waals surface area contributed by atoms with Crippen LogP contribution in [0.1, 0.15) is 18.4 Å². The summed E-state index contributed by atoms with van der Waals surface area (Å²) in [5.74, 6) is 0. The van der Waals surface area contributed by atoms with Gasteiger partial charge in [-0.1, -0.05) is 6.07 Å². The third kappa shape index (κ3) is 2.54. The third-order valence-electron chi connectivity index (χ3n) is 3.97. The number of aryl methyl sites for hydroxylation is 1. The molecule has 1 aliphatic rings. The van der Waals surface area contributed by atoms with Crippen molar-refractivity contribution in [3.8, 4) is 0 Å². The number of fused-ring (bicyclic) bond motifs is 1. The number of hydrogen-bond acceptors (Lipinski definition) is 4. The number of rotatable bonds is 2. The number of nitrogens with two attached hydrogens (primary N) is 1. The van der Waals surface area contributed by atoms with Crippen LogP contribution < -0.4 is 5.73 Å². The van der Waals surface area contributed by atoms with Gasteiger partial charge >= 0.3 is 0 Å². The summed E-state index contributed by atoms with van der Waals surface area (Å²) in [7, 11) is -3.52. The summed E-state index contributed by atoms with van der Waals surface area (Å²) in [5.41, 5.74) is 7.63. The molecule has 0 bridgehead atoms. The van der Waals surface area contributed by atoms with Crippen LogP contribution in [0.3, 0.4) is 0 Å². The third-order valence-corrected chi connectivity index (χ3v) is 5.89. The molecule has 0 radical (unpaired) electrons. The lowest BCUT2D eigenvalue weighted by molar-refractivity contribution is 0.316. The number of piperidine rings is 1. The first kappa shape index (κ1) is 14.4. The summed E-state index contributed by atoms with van der Waals surface area (Å²) in [6, 6.07) is 6.98. The molecule has 2 N–H and O–H groups in total. The van der Waals surface area contributed by atoms with Gasteiger partial charge in [-0.15, -0.1) is 0 Å². The van der Waals surface area contributed by atoms with Crippen LogP contribution in [0.5, 0.6) is 0 Å². The van der Waals surface area contributed by atoms with Crippen LogP contribution in [-0.4, -0.2) is 36.8 Å². The molecule has 0 aliphatic carbocycles. The van der Waals surface area contributed by atoms with E-state index in [0.717, 1.165) is 23.9 Å². The average Bonchev–Trinajstić information content (AvgIpc) is 2.47. The second kappa shape index (κ2) is 5.36. The van der Waals surface area contributed by atoms with Gasteiger partial charge < -0.3 is 5.73 Å². The lowest BCUT2D eigenvalue weighted by atomic mass is 10.1. The van der Waals surface area contributed by atoms with Gasteiger partial charge in [0, 0.05) is 30.7 Å². The summed E-state index contributed by atoms with van der Waals surface area (Å²) < 4.78 is 27.3. The lowest BCUT2D eigenvalue weighted by Crippen LogP contribution is -2.45. The highest BCUT2D eigenvalue weighted by atomic mass is 32.2. The first-order chi connectivity index (χ1) is 10.00. The summed E-state index contributed by atoms with van der Waals surface area (Å²) in [6.07, 6.45) is 3.37. The predicted octanol–water partition coefficient (Wildman–Crippen LogP) is 1.66. The summed E-state index contributed by atoms with van der Waals surface area (Å²) in [4.78, 5) is 4.63. The zero-order valence-electron chi connectivity index (χ0n) is 12.0. The minimum absolute atomic E-state index is 0.0802. The van der Waals surface area contributed by atoms with Crippen molar-refractivity contribution in [1.29, 1.82) is 0 Å². The van der Waals surface area contributed by atoms with E-state index < -0.39 is 10.0 Å². The van der Waals surface area contributed by atoms with Crippen LogP contribution in [-0.2, 0) is 10.0 Å². The Morgan fingerprint density at radius 2 is 2.14 bits per heavy atom. The Labute approximate surface area is 124 Å². The quantitative estimate of drug-likeness (QED) is 0.915. The normalized spacial score (nSPS) is 20.8. The van der Waals surface area contributed by atoms with Gasteiger partial charge in [-0.3, -0.25) is 4.98 Å². The van der Waals surface area contributed by atoms with Crippen molar-refractivity contribution in [2.45, 2.75) is 30.7 Å². The Morgan fingerprint density at radius 1 is 1.33 bits per heavy atom. The zero-order valence-corrected chi connectivity index (χ0v) is 12.8. The minimum atomic E-state index is -3.52. The van der Waals surface area contributed by atoms with Gasteiger partial charge in [0.05, 0.1) is 10.4 Å². The number of pyridine rings is 1. The number of benzene rings is 1. The standard InChI is InChI=1S/C15H19N3O2S/c1-11-6-7-14(13-5-2-8-17-15(11)13)21(19,20)18-9-3-4-12(16)10-18/h2,5-8,12H,3-4,9-10,16H2,1H3. The molecule has 0 amide bonds. The van der Waals surface area contributed by atoms with Crippen LogP contribution in [0.4, 0.5) is 0 Å². The Hall–Kier alpha value is -1.50. The minimum Gasteiger partial charge on any atom is -0.327 e. The molecule has 5 nitrogen and oxygen atoms in total. The second-order valence-corrected chi connectivity index (χ2v) is 7.45. The molecular weight excluding hydrogens is 286 g/mol. The van der Waals surface area contributed by atoms with Crippen molar-refractivity contribution < 1.29 is 8.42 Å². The van der Waals surface area contributed by atoms with E-state index in [9.17, 15) is 8.42 Å². The van der Waals surface area contributed by atoms with E-state index in [1.807, 2.05) is 19.1 Å². The van der Waals surface area contributed by atoms with Crippen molar-refractivity contribution >= 4 is 20.9 Å². The van der Waals surface area contributed by atoms with Gasteiger partial charge in [-0.05, 0) is 43.5 Å². The SMILES string of the molecule is Cc1ccc(S(=O)(=O)N2CCCC(N)C2)c2cccnc12. The highest BCUT2D eigenvalue weighted by molar-refractivity contribution is 7.89.